The number of benzene rings is 1. The maximum Gasteiger partial charge on any atom is 0.0629 e. The van der Waals surface area contributed by atoms with E-state index >= 15 is 0 Å². The number of thiol groups is 1. The molecule has 106 valence electrons. The second-order valence-corrected chi connectivity index (χ2v) is 5.49. The Balaban J connectivity index is 1.93. The smallest absolute Gasteiger partial charge is 0.0629 e. The summed E-state index contributed by atoms with van der Waals surface area (Å²) in [5, 5.41) is 7.81. The predicted octanol–water partition coefficient (Wildman–Crippen LogP) is 3.13. The molecule has 1 aromatic carbocycles. The summed E-state index contributed by atoms with van der Waals surface area (Å²) in [6.45, 7) is 9.10. The fourth-order valence-corrected chi connectivity index (χ4v) is 2.43. The summed E-state index contributed by atoms with van der Waals surface area (Å²) < 4.78 is 1.94. The van der Waals surface area contributed by atoms with Crippen LogP contribution in [0, 0.1) is 13.8 Å². The number of hydrogen-bond donors (Lipinski definition) is 2. The molecule has 0 saturated carbocycles. The Morgan fingerprint density at radius 2 is 1.95 bits per heavy atom. The standard InChI is InChI=1S/C16H21N3S/c1-11(14-5-7-15(20)8-6-14)17-10-9-16-12(2)18-19(4)13(16)3/h5-8,17,20H,1,9-10H2,2-4H3. The maximum atomic E-state index is 4.43. The summed E-state index contributed by atoms with van der Waals surface area (Å²) in [6.07, 6.45) is 0.954. The van der Waals surface area contributed by atoms with Crippen molar-refractivity contribution in [3.63, 3.8) is 0 Å². The van der Waals surface area contributed by atoms with Crippen molar-refractivity contribution < 1.29 is 0 Å². The Morgan fingerprint density at radius 3 is 2.50 bits per heavy atom. The first-order valence-electron chi connectivity index (χ1n) is 6.70. The van der Waals surface area contributed by atoms with Gasteiger partial charge in [0.25, 0.3) is 0 Å². The molecular formula is C16H21N3S. The van der Waals surface area contributed by atoms with Crippen molar-refractivity contribution in [1.29, 1.82) is 0 Å². The molecule has 2 rings (SSSR count). The highest BCUT2D eigenvalue weighted by molar-refractivity contribution is 7.80. The highest BCUT2D eigenvalue weighted by atomic mass is 32.1. The van der Waals surface area contributed by atoms with Crippen molar-refractivity contribution in [3.8, 4) is 0 Å². The average molecular weight is 287 g/mol. The van der Waals surface area contributed by atoms with E-state index < -0.39 is 0 Å². The van der Waals surface area contributed by atoms with E-state index in [0.29, 0.717) is 0 Å². The van der Waals surface area contributed by atoms with E-state index in [1.54, 1.807) is 0 Å². The third-order valence-electron chi connectivity index (χ3n) is 3.59. The Hall–Kier alpha value is -1.68. The number of hydrogen-bond acceptors (Lipinski definition) is 3. The zero-order valence-corrected chi connectivity index (χ0v) is 13.2. The summed E-state index contributed by atoms with van der Waals surface area (Å²) in [5.74, 6) is 0. The first-order chi connectivity index (χ1) is 9.49. The number of nitrogens with one attached hydrogen (secondary N) is 1. The van der Waals surface area contributed by atoms with Gasteiger partial charge in [0.05, 0.1) is 5.69 Å². The van der Waals surface area contributed by atoms with Gasteiger partial charge >= 0.3 is 0 Å². The molecular weight excluding hydrogens is 266 g/mol. The summed E-state index contributed by atoms with van der Waals surface area (Å²) in [5.41, 5.74) is 5.70. The topological polar surface area (TPSA) is 29.9 Å². The Morgan fingerprint density at radius 1 is 1.30 bits per heavy atom. The van der Waals surface area contributed by atoms with Crippen LogP contribution in [-0.2, 0) is 13.5 Å². The van der Waals surface area contributed by atoms with E-state index in [9.17, 15) is 0 Å². The van der Waals surface area contributed by atoms with Crippen LogP contribution in [0.25, 0.3) is 5.70 Å². The zero-order valence-electron chi connectivity index (χ0n) is 12.3. The predicted molar refractivity (Wildman–Crippen MR) is 87.1 cm³/mol. The molecule has 2 aromatic rings. The van der Waals surface area contributed by atoms with E-state index in [2.05, 4.69) is 43.5 Å². The third kappa shape index (κ3) is 3.25. The van der Waals surface area contributed by atoms with Crippen LogP contribution in [-0.4, -0.2) is 16.3 Å². The molecule has 0 spiro atoms. The fourth-order valence-electron chi connectivity index (χ4n) is 2.28. The van der Waals surface area contributed by atoms with Crippen LogP contribution in [0.15, 0.2) is 35.7 Å². The molecule has 0 unspecified atom stereocenters. The summed E-state index contributed by atoms with van der Waals surface area (Å²) in [4.78, 5) is 0.961. The monoisotopic (exact) mass is 287 g/mol. The van der Waals surface area contributed by atoms with Crippen molar-refractivity contribution >= 4 is 18.3 Å². The van der Waals surface area contributed by atoms with Gasteiger partial charge in [0.15, 0.2) is 0 Å². The Labute approximate surface area is 126 Å². The van der Waals surface area contributed by atoms with Gasteiger partial charge in [-0.1, -0.05) is 18.7 Å². The molecule has 0 radical (unpaired) electrons. The van der Waals surface area contributed by atoms with Gasteiger partial charge in [0, 0.05) is 29.9 Å². The number of rotatable bonds is 5. The lowest BCUT2D eigenvalue weighted by atomic mass is 10.1. The molecule has 0 aliphatic rings. The van der Waals surface area contributed by atoms with Gasteiger partial charge in [-0.2, -0.15) is 5.10 Å². The van der Waals surface area contributed by atoms with Crippen molar-refractivity contribution in [1.82, 2.24) is 15.1 Å². The Bertz CT molecular complexity index is 611. The van der Waals surface area contributed by atoms with E-state index in [0.717, 1.165) is 34.8 Å². The van der Waals surface area contributed by atoms with Crippen molar-refractivity contribution in [2.75, 3.05) is 6.54 Å². The highest BCUT2D eigenvalue weighted by Crippen LogP contribution is 2.15. The second-order valence-electron chi connectivity index (χ2n) is 4.98. The van der Waals surface area contributed by atoms with Crippen LogP contribution in [0.3, 0.4) is 0 Å². The Kier molecular flexibility index (Phi) is 4.55. The first kappa shape index (κ1) is 14.7. The van der Waals surface area contributed by atoms with Gasteiger partial charge in [0.2, 0.25) is 0 Å². The van der Waals surface area contributed by atoms with Crippen molar-refractivity contribution in [3.05, 3.63) is 53.4 Å². The van der Waals surface area contributed by atoms with Crippen LogP contribution >= 0.6 is 12.6 Å². The largest absolute Gasteiger partial charge is 0.385 e. The molecule has 0 fully saturated rings. The van der Waals surface area contributed by atoms with Crippen molar-refractivity contribution in [2.24, 2.45) is 7.05 Å². The normalized spacial score (nSPS) is 10.6. The average Bonchev–Trinajstić information content (AvgIpc) is 2.65. The molecule has 1 heterocycles. The van der Waals surface area contributed by atoms with Crippen LogP contribution < -0.4 is 5.32 Å². The molecule has 0 bridgehead atoms. The minimum Gasteiger partial charge on any atom is -0.385 e. The lowest BCUT2D eigenvalue weighted by Crippen LogP contribution is -2.15. The molecule has 0 aliphatic carbocycles. The van der Waals surface area contributed by atoms with Crippen LogP contribution in [0.5, 0.6) is 0 Å². The van der Waals surface area contributed by atoms with Crippen LogP contribution in [0.2, 0.25) is 0 Å². The molecule has 0 aliphatic heterocycles. The van der Waals surface area contributed by atoms with Gasteiger partial charge in [-0.15, -0.1) is 12.6 Å². The van der Waals surface area contributed by atoms with Gasteiger partial charge in [-0.25, -0.2) is 0 Å². The molecule has 1 N–H and O–H groups in total. The molecule has 0 saturated heterocycles. The SMILES string of the molecule is C=C(NCCc1c(C)nn(C)c1C)c1ccc(S)cc1. The fraction of sp³-hybridized carbons (Fsp3) is 0.312. The maximum absolute atomic E-state index is 4.43. The number of nitrogens with zero attached hydrogens (tertiary/aromatic N) is 2. The van der Waals surface area contributed by atoms with Crippen LogP contribution in [0.1, 0.15) is 22.5 Å². The molecule has 0 amide bonds. The van der Waals surface area contributed by atoms with Gasteiger partial charge in [-0.3, -0.25) is 4.68 Å². The summed E-state index contributed by atoms with van der Waals surface area (Å²) in [6, 6.07) is 8.00. The number of aryl methyl sites for hydroxylation is 2. The quantitative estimate of drug-likeness (QED) is 0.828. The van der Waals surface area contributed by atoms with E-state index in [1.165, 1.54) is 11.3 Å². The highest BCUT2D eigenvalue weighted by Gasteiger charge is 2.08. The van der Waals surface area contributed by atoms with Gasteiger partial charge in [-0.05, 0) is 43.5 Å². The minimum absolute atomic E-state index is 0.856. The van der Waals surface area contributed by atoms with Crippen LogP contribution in [0.4, 0.5) is 0 Å². The van der Waals surface area contributed by atoms with Gasteiger partial charge < -0.3 is 5.32 Å². The lowest BCUT2D eigenvalue weighted by Gasteiger charge is -2.10. The first-order valence-corrected chi connectivity index (χ1v) is 7.15. The summed E-state index contributed by atoms with van der Waals surface area (Å²) in [7, 11) is 1.98. The molecule has 20 heavy (non-hydrogen) atoms. The molecule has 1 aromatic heterocycles. The zero-order chi connectivity index (χ0) is 14.7. The van der Waals surface area contributed by atoms with E-state index in [-0.39, 0.29) is 0 Å². The van der Waals surface area contributed by atoms with Gasteiger partial charge in [0.1, 0.15) is 0 Å². The molecule has 3 nitrogen and oxygen atoms in total. The lowest BCUT2D eigenvalue weighted by molar-refractivity contribution is 0.729. The third-order valence-corrected chi connectivity index (χ3v) is 3.89. The van der Waals surface area contributed by atoms with Crippen molar-refractivity contribution in [2.45, 2.75) is 25.2 Å². The van der Waals surface area contributed by atoms with E-state index in [4.69, 9.17) is 0 Å². The minimum atomic E-state index is 0.856. The number of aromatic nitrogens is 2. The summed E-state index contributed by atoms with van der Waals surface area (Å²) >= 11 is 4.28. The second kappa shape index (κ2) is 6.18. The van der Waals surface area contributed by atoms with E-state index in [1.807, 2.05) is 36.0 Å². The molecule has 0 atom stereocenters. The molecule has 4 heteroatoms.